The van der Waals surface area contributed by atoms with Crippen molar-refractivity contribution < 1.29 is 9.66 Å². The molecule has 8 heteroatoms. The molecule has 0 fully saturated rings. The Bertz CT molecular complexity index is 799. The number of hydrogen-bond acceptors (Lipinski definition) is 6. The van der Waals surface area contributed by atoms with Crippen LogP contribution in [0.25, 0.3) is 16.9 Å². The van der Waals surface area contributed by atoms with Gasteiger partial charge in [-0.25, -0.2) is 9.97 Å². The van der Waals surface area contributed by atoms with E-state index in [9.17, 15) is 10.1 Å². The highest BCUT2D eigenvalue weighted by molar-refractivity contribution is 5.78. The number of imidazole rings is 1. The van der Waals surface area contributed by atoms with Crippen molar-refractivity contribution in [1.82, 2.24) is 19.5 Å². The lowest BCUT2D eigenvalue weighted by Crippen LogP contribution is -2.05. The predicted molar refractivity (Wildman–Crippen MR) is 69.9 cm³/mol. The molecule has 3 aromatic rings. The Balaban J connectivity index is 2.32. The van der Waals surface area contributed by atoms with Gasteiger partial charge in [-0.15, -0.1) is 0 Å². The number of fused-ring (bicyclic) bond motifs is 1. The third kappa shape index (κ3) is 1.74. The Morgan fingerprint density at radius 2 is 2.05 bits per heavy atom. The summed E-state index contributed by atoms with van der Waals surface area (Å²) >= 11 is 0. The van der Waals surface area contributed by atoms with Crippen LogP contribution in [0.2, 0.25) is 0 Å². The molecule has 20 heavy (non-hydrogen) atoms. The summed E-state index contributed by atoms with van der Waals surface area (Å²) in [6.45, 7) is 0. The molecule has 0 bridgehead atoms. The largest absolute Gasteiger partial charge is 0.476 e. The van der Waals surface area contributed by atoms with E-state index in [1.165, 1.54) is 24.3 Å². The van der Waals surface area contributed by atoms with Gasteiger partial charge in [0.25, 0.3) is 5.88 Å². The van der Waals surface area contributed by atoms with E-state index in [1.54, 1.807) is 6.07 Å². The number of hydrogen-bond donors (Lipinski definition) is 0. The van der Waals surface area contributed by atoms with Gasteiger partial charge in [0.05, 0.1) is 23.1 Å². The number of methoxy groups -OCH3 is 1. The fraction of sp³-hybridized carbons (Fsp3) is 0.0833. The molecule has 0 atom stereocenters. The second-order valence-corrected chi connectivity index (χ2v) is 3.92. The SMILES string of the molecule is COc1ncnc(-n2cnc3ccccc32)c1[N+](=O)[O-]. The molecule has 1 aromatic carbocycles. The Morgan fingerprint density at radius 3 is 2.80 bits per heavy atom. The van der Waals surface area contributed by atoms with Gasteiger partial charge in [-0.2, -0.15) is 4.98 Å². The topological polar surface area (TPSA) is 96.0 Å². The number of nitrogens with zero attached hydrogens (tertiary/aromatic N) is 5. The normalized spacial score (nSPS) is 10.7. The monoisotopic (exact) mass is 271 g/mol. The Morgan fingerprint density at radius 1 is 1.25 bits per heavy atom. The van der Waals surface area contributed by atoms with E-state index >= 15 is 0 Å². The van der Waals surface area contributed by atoms with Crippen molar-refractivity contribution in [3.63, 3.8) is 0 Å². The maximum absolute atomic E-state index is 11.2. The lowest BCUT2D eigenvalue weighted by molar-refractivity contribution is -0.386. The van der Waals surface area contributed by atoms with E-state index in [2.05, 4.69) is 15.0 Å². The van der Waals surface area contributed by atoms with Crippen LogP contribution in [-0.2, 0) is 0 Å². The van der Waals surface area contributed by atoms with E-state index in [0.29, 0.717) is 0 Å². The van der Waals surface area contributed by atoms with Crippen molar-refractivity contribution in [2.24, 2.45) is 0 Å². The van der Waals surface area contributed by atoms with Gasteiger partial charge in [0.1, 0.15) is 12.7 Å². The third-order valence-electron chi connectivity index (χ3n) is 2.83. The number of aromatic nitrogens is 4. The molecule has 0 amide bonds. The Labute approximate surface area is 112 Å². The van der Waals surface area contributed by atoms with Gasteiger partial charge in [0, 0.05) is 0 Å². The molecule has 3 rings (SSSR count). The molecule has 0 N–H and O–H groups in total. The molecule has 0 aliphatic carbocycles. The first-order valence-electron chi connectivity index (χ1n) is 5.68. The van der Waals surface area contributed by atoms with E-state index in [1.807, 2.05) is 18.2 Å². The molecule has 0 saturated heterocycles. The van der Waals surface area contributed by atoms with Crippen LogP contribution in [-0.4, -0.2) is 31.6 Å². The van der Waals surface area contributed by atoms with Crippen LogP contribution < -0.4 is 4.74 Å². The number of nitro groups is 1. The molecule has 0 radical (unpaired) electrons. The highest BCUT2D eigenvalue weighted by Crippen LogP contribution is 2.30. The molecule has 2 heterocycles. The van der Waals surface area contributed by atoms with Crippen molar-refractivity contribution in [2.45, 2.75) is 0 Å². The minimum absolute atomic E-state index is 0.0854. The van der Waals surface area contributed by atoms with Crippen molar-refractivity contribution in [1.29, 1.82) is 0 Å². The van der Waals surface area contributed by atoms with Crippen LogP contribution in [0.3, 0.4) is 0 Å². The highest BCUT2D eigenvalue weighted by atomic mass is 16.6. The van der Waals surface area contributed by atoms with Crippen LogP contribution in [0.5, 0.6) is 5.88 Å². The number of ether oxygens (including phenoxy) is 1. The Kier molecular flexibility index (Phi) is 2.75. The van der Waals surface area contributed by atoms with Gasteiger partial charge in [0.15, 0.2) is 0 Å². The molecular weight excluding hydrogens is 262 g/mol. The zero-order valence-electron chi connectivity index (χ0n) is 10.4. The van der Waals surface area contributed by atoms with Crippen molar-refractivity contribution >= 4 is 16.7 Å². The molecule has 0 spiro atoms. The minimum atomic E-state index is -0.567. The molecule has 8 nitrogen and oxygen atoms in total. The van der Waals surface area contributed by atoms with E-state index in [4.69, 9.17) is 4.74 Å². The maximum atomic E-state index is 11.2. The first kappa shape index (κ1) is 12.0. The minimum Gasteiger partial charge on any atom is -0.476 e. The number of para-hydroxylation sites is 2. The van der Waals surface area contributed by atoms with Gasteiger partial charge in [0.2, 0.25) is 5.82 Å². The van der Waals surface area contributed by atoms with Crippen LogP contribution in [0.1, 0.15) is 0 Å². The average molecular weight is 271 g/mol. The van der Waals surface area contributed by atoms with E-state index < -0.39 is 4.92 Å². The van der Waals surface area contributed by atoms with Gasteiger partial charge in [-0.05, 0) is 12.1 Å². The van der Waals surface area contributed by atoms with Crippen molar-refractivity contribution in [2.75, 3.05) is 7.11 Å². The van der Waals surface area contributed by atoms with Crippen molar-refractivity contribution in [3.05, 3.63) is 47.0 Å². The summed E-state index contributed by atoms with van der Waals surface area (Å²) in [7, 11) is 1.32. The molecular formula is C12H9N5O3. The summed E-state index contributed by atoms with van der Waals surface area (Å²) in [5.41, 5.74) is 1.15. The predicted octanol–water partition coefficient (Wildman–Crippen LogP) is 1.73. The standard InChI is InChI=1S/C12H9N5O3/c1-20-12-10(17(18)19)11(13-6-14-12)16-7-15-8-4-2-3-5-9(8)16/h2-7H,1H3. The lowest BCUT2D eigenvalue weighted by atomic mass is 10.3. The van der Waals surface area contributed by atoms with E-state index in [-0.39, 0.29) is 17.4 Å². The molecule has 0 aliphatic rings. The molecule has 0 aliphatic heterocycles. The van der Waals surface area contributed by atoms with Gasteiger partial charge in [-0.3, -0.25) is 14.7 Å². The molecule has 0 unspecified atom stereocenters. The summed E-state index contributed by atoms with van der Waals surface area (Å²) < 4.78 is 6.47. The zero-order chi connectivity index (χ0) is 14.1. The summed E-state index contributed by atoms with van der Waals surface area (Å²) in [4.78, 5) is 22.6. The van der Waals surface area contributed by atoms with Crippen LogP contribution in [0.4, 0.5) is 5.69 Å². The number of rotatable bonds is 3. The molecule has 0 saturated carbocycles. The highest BCUT2D eigenvalue weighted by Gasteiger charge is 2.25. The van der Waals surface area contributed by atoms with Crippen molar-refractivity contribution in [3.8, 4) is 11.7 Å². The quantitative estimate of drug-likeness (QED) is 0.531. The fourth-order valence-corrected chi connectivity index (χ4v) is 1.97. The first-order valence-corrected chi connectivity index (χ1v) is 5.68. The van der Waals surface area contributed by atoms with Crippen LogP contribution in [0.15, 0.2) is 36.9 Å². The summed E-state index contributed by atoms with van der Waals surface area (Å²) in [5, 5.41) is 11.2. The lowest BCUT2D eigenvalue weighted by Gasteiger charge is -2.06. The average Bonchev–Trinajstić information content (AvgIpc) is 2.90. The van der Waals surface area contributed by atoms with Gasteiger partial charge < -0.3 is 4.74 Å². The van der Waals surface area contributed by atoms with Crippen LogP contribution in [0, 0.1) is 10.1 Å². The molecule has 100 valence electrons. The van der Waals surface area contributed by atoms with Gasteiger partial charge in [-0.1, -0.05) is 12.1 Å². The summed E-state index contributed by atoms with van der Waals surface area (Å²) in [6, 6.07) is 7.29. The summed E-state index contributed by atoms with van der Waals surface area (Å²) in [5.74, 6) is 0.0355. The smallest absolute Gasteiger partial charge is 0.373 e. The summed E-state index contributed by atoms with van der Waals surface area (Å²) in [6.07, 6.45) is 2.70. The maximum Gasteiger partial charge on any atom is 0.373 e. The second-order valence-electron chi connectivity index (χ2n) is 3.92. The van der Waals surface area contributed by atoms with E-state index in [0.717, 1.165) is 11.0 Å². The molecule has 2 aromatic heterocycles. The first-order chi connectivity index (χ1) is 9.72. The Hall–Kier alpha value is -3.03. The van der Waals surface area contributed by atoms with Crippen LogP contribution >= 0.6 is 0 Å². The zero-order valence-corrected chi connectivity index (χ0v) is 10.4. The fourth-order valence-electron chi connectivity index (χ4n) is 1.97. The second kappa shape index (κ2) is 4.57. The third-order valence-corrected chi connectivity index (χ3v) is 2.83. The number of benzene rings is 1. The van der Waals surface area contributed by atoms with Gasteiger partial charge >= 0.3 is 5.69 Å².